The summed E-state index contributed by atoms with van der Waals surface area (Å²) in [5.74, 6) is -0.0886. The van der Waals surface area contributed by atoms with Gasteiger partial charge in [-0.1, -0.05) is 30.3 Å². The van der Waals surface area contributed by atoms with Crippen molar-refractivity contribution in [1.29, 1.82) is 0 Å². The number of nitrogens with one attached hydrogen (secondary N) is 1. The van der Waals surface area contributed by atoms with E-state index in [0.29, 0.717) is 17.0 Å². The van der Waals surface area contributed by atoms with Crippen LogP contribution in [0.15, 0.2) is 30.3 Å². The number of hydroxylamine groups is 2. The van der Waals surface area contributed by atoms with Crippen molar-refractivity contribution in [2.45, 2.75) is 20.0 Å². The van der Waals surface area contributed by atoms with Crippen LogP contribution in [0, 0.1) is 10.9 Å². The standard InChI is InChI=1S/C14H16N2O2S2/c1-10-12(20-14(19)15-10)8-13(17)16(2)18-9-11-6-4-3-5-7-11/h3-7H,8-9H2,1-2H3,(H,15,19). The highest BCUT2D eigenvalue weighted by atomic mass is 32.1. The summed E-state index contributed by atoms with van der Waals surface area (Å²) in [5, 5.41) is 1.29. The molecular weight excluding hydrogens is 292 g/mol. The molecule has 0 spiro atoms. The third-order valence-electron chi connectivity index (χ3n) is 2.85. The van der Waals surface area contributed by atoms with Crippen molar-refractivity contribution in [3.63, 3.8) is 0 Å². The first-order chi connectivity index (χ1) is 9.56. The van der Waals surface area contributed by atoms with Crippen LogP contribution in [0.1, 0.15) is 16.1 Å². The SMILES string of the molecule is Cc1[nH]c(=S)sc1CC(=O)N(C)OCc1ccccc1. The van der Waals surface area contributed by atoms with Crippen molar-refractivity contribution < 1.29 is 9.63 Å². The van der Waals surface area contributed by atoms with E-state index in [1.807, 2.05) is 37.3 Å². The molecule has 1 N–H and O–H groups in total. The van der Waals surface area contributed by atoms with E-state index in [-0.39, 0.29) is 5.91 Å². The minimum atomic E-state index is -0.0886. The fourth-order valence-corrected chi connectivity index (χ4v) is 2.95. The molecule has 0 bridgehead atoms. The van der Waals surface area contributed by atoms with Gasteiger partial charge >= 0.3 is 0 Å². The summed E-state index contributed by atoms with van der Waals surface area (Å²) in [6, 6.07) is 9.74. The van der Waals surface area contributed by atoms with Crippen LogP contribution in [0.3, 0.4) is 0 Å². The zero-order valence-electron chi connectivity index (χ0n) is 11.4. The second-order valence-electron chi connectivity index (χ2n) is 4.39. The molecule has 0 fully saturated rings. The fourth-order valence-electron chi connectivity index (χ4n) is 1.67. The Bertz CT molecular complexity index is 634. The number of aromatic amines is 1. The highest BCUT2D eigenvalue weighted by Crippen LogP contribution is 2.16. The largest absolute Gasteiger partial charge is 0.341 e. The maximum atomic E-state index is 12.1. The maximum Gasteiger partial charge on any atom is 0.251 e. The van der Waals surface area contributed by atoms with Crippen LogP contribution < -0.4 is 0 Å². The van der Waals surface area contributed by atoms with Crippen molar-refractivity contribution in [2.24, 2.45) is 0 Å². The average molecular weight is 308 g/mol. The van der Waals surface area contributed by atoms with E-state index in [9.17, 15) is 4.79 Å². The molecule has 0 aliphatic heterocycles. The lowest BCUT2D eigenvalue weighted by Crippen LogP contribution is -2.28. The minimum absolute atomic E-state index is 0.0886. The van der Waals surface area contributed by atoms with E-state index < -0.39 is 0 Å². The minimum Gasteiger partial charge on any atom is -0.341 e. The van der Waals surface area contributed by atoms with E-state index in [1.165, 1.54) is 16.4 Å². The molecule has 0 saturated carbocycles. The highest BCUT2D eigenvalue weighted by molar-refractivity contribution is 7.73. The van der Waals surface area contributed by atoms with E-state index in [1.54, 1.807) is 7.05 Å². The van der Waals surface area contributed by atoms with Crippen molar-refractivity contribution in [1.82, 2.24) is 10.0 Å². The van der Waals surface area contributed by atoms with Gasteiger partial charge in [-0.2, -0.15) is 0 Å². The Morgan fingerprint density at radius 3 is 2.70 bits per heavy atom. The van der Waals surface area contributed by atoms with Crippen LogP contribution in [-0.2, 0) is 22.7 Å². The molecule has 4 nitrogen and oxygen atoms in total. The summed E-state index contributed by atoms with van der Waals surface area (Å²) in [4.78, 5) is 21.5. The molecule has 0 saturated heterocycles. The average Bonchev–Trinajstić information content (AvgIpc) is 2.75. The molecule has 1 aromatic heterocycles. The van der Waals surface area contributed by atoms with Gasteiger partial charge in [-0.15, -0.1) is 11.3 Å². The van der Waals surface area contributed by atoms with E-state index >= 15 is 0 Å². The van der Waals surface area contributed by atoms with Gasteiger partial charge in [0.1, 0.15) is 6.61 Å². The lowest BCUT2D eigenvalue weighted by molar-refractivity contribution is -0.181. The number of H-pyrrole nitrogens is 1. The number of aryl methyl sites for hydroxylation is 1. The van der Waals surface area contributed by atoms with Gasteiger partial charge in [-0.25, -0.2) is 5.06 Å². The number of aromatic nitrogens is 1. The van der Waals surface area contributed by atoms with Crippen LogP contribution in [0.4, 0.5) is 0 Å². The third kappa shape index (κ3) is 4.00. The Morgan fingerprint density at radius 1 is 1.40 bits per heavy atom. The van der Waals surface area contributed by atoms with Gasteiger partial charge in [0.15, 0.2) is 3.95 Å². The number of carbonyl (C=O) groups excluding carboxylic acids is 1. The number of thiazole rings is 1. The molecule has 0 aliphatic rings. The molecular formula is C14H16N2O2S2. The molecule has 6 heteroatoms. The van der Waals surface area contributed by atoms with E-state index in [2.05, 4.69) is 4.98 Å². The Balaban J connectivity index is 1.89. The molecule has 2 aromatic rings. The van der Waals surface area contributed by atoms with Crippen LogP contribution in [-0.4, -0.2) is 23.0 Å². The van der Waals surface area contributed by atoms with Gasteiger partial charge < -0.3 is 4.98 Å². The van der Waals surface area contributed by atoms with Gasteiger partial charge in [-0.05, 0) is 24.7 Å². The number of benzene rings is 1. The van der Waals surface area contributed by atoms with E-state index in [0.717, 1.165) is 16.1 Å². The molecule has 106 valence electrons. The van der Waals surface area contributed by atoms with Crippen molar-refractivity contribution >= 4 is 29.5 Å². The van der Waals surface area contributed by atoms with Crippen molar-refractivity contribution in [3.8, 4) is 0 Å². The number of rotatable bonds is 5. The third-order valence-corrected chi connectivity index (χ3v) is 4.19. The van der Waals surface area contributed by atoms with Crippen LogP contribution in [0.25, 0.3) is 0 Å². The second-order valence-corrected chi connectivity index (χ2v) is 6.16. The summed E-state index contributed by atoms with van der Waals surface area (Å²) in [7, 11) is 1.63. The number of amides is 1. The first-order valence-corrected chi connectivity index (χ1v) is 7.40. The van der Waals surface area contributed by atoms with Crippen LogP contribution in [0.2, 0.25) is 0 Å². The quantitative estimate of drug-likeness (QED) is 0.681. The topological polar surface area (TPSA) is 45.3 Å². The molecule has 0 unspecified atom stereocenters. The molecule has 0 radical (unpaired) electrons. The molecule has 1 amide bonds. The number of hydrogen-bond donors (Lipinski definition) is 1. The van der Waals surface area contributed by atoms with Gasteiger partial charge in [0.05, 0.1) is 6.42 Å². The first kappa shape index (κ1) is 14.9. The first-order valence-electron chi connectivity index (χ1n) is 6.18. The molecule has 0 aliphatic carbocycles. The Hall–Kier alpha value is -1.50. The summed E-state index contributed by atoms with van der Waals surface area (Å²) in [5.41, 5.74) is 1.98. The van der Waals surface area contributed by atoms with Gasteiger partial charge in [0.25, 0.3) is 5.91 Å². The summed E-state index contributed by atoms with van der Waals surface area (Å²) in [6.07, 6.45) is 0.301. The van der Waals surface area contributed by atoms with Crippen molar-refractivity contribution in [3.05, 3.63) is 50.4 Å². The van der Waals surface area contributed by atoms with Crippen LogP contribution >= 0.6 is 23.6 Å². The predicted molar refractivity (Wildman–Crippen MR) is 81.9 cm³/mol. The lowest BCUT2D eigenvalue weighted by atomic mass is 10.2. The summed E-state index contributed by atoms with van der Waals surface area (Å²) < 4.78 is 0.693. The fraction of sp³-hybridized carbons (Fsp3) is 0.286. The summed E-state index contributed by atoms with van der Waals surface area (Å²) in [6.45, 7) is 2.30. The Kier molecular flexibility index (Phi) is 5.05. The molecule has 2 rings (SSSR count). The zero-order valence-corrected chi connectivity index (χ0v) is 13.0. The number of likely N-dealkylation sites (N-methyl/N-ethyl adjacent to an activating group) is 1. The number of carbonyl (C=O) groups is 1. The summed E-state index contributed by atoms with van der Waals surface area (Å²) >= 11 is 6.49. The van der Waals surface area contributed by atoms with Gasteiger partial charge in [0.2, 0.25) is 0 Å². The monoisotopic (exact) mass is 308 g/mol. The smallest absolute Gasteiger partial charge is 0.251 e. The lowest BCUT2D eigenvalue weighted by Gasteiger charge is -2.16. The molecule has 20 heavy (non-hydrogen) atoms. The molecule has 1 aromatic carbocycles. The second kappa shape index (κ2) is 6.78. The van der Waals surface area contributed by atoms with Gasteiger partial charge in [-0.3, -0.25) is 9.63 Å². The molecule has 0 atom stereocenters. The normalized spacial score (nSPS) is 10.5. The maximum absolute atomic E-state index is 12.1. The Labute approximate surface area is 127 Å². The number of hydrogen-bond acceptors (Lipinski definition) is 4. The molecule has 1 heterocycles. The zero-order chi connectivity index (χ0) is 14.5. The van der Waals surface area contributed by atoms with Gasteiger partial charge in [0, 0.05) is 17.6 Å². The van der Waals surface area contributed by atoms with E-state index in [4.69, 9.17) is 17.1 Å². The highest BCUT2D eigenvalue weighted by Gasteiger charge is 2.13. The predicted octanol–water partition coefficient (Wildman–Crippen LogP) is 3.25. The number of nitrogens with zero attached hydrogens (tertiary/aromatic N) is 1. The van der Waals surface area contributed by atoms with Crippen molar-refractivity contribution in [2.75, 3.05) is 7.05 Å². The van der Waals surface area contributed by atoms with Crippen LogP contribution in [0.5, 0.6) is 0 Å². The Morgan fingerprint density at radius 2 is 2.10 bits per heavy atom.